The van der Waals surface area contributed by atoms with E-state index in [1.807, 2.05) is 30.0 Å². The molecule has 0 unspecified atom stereocenters. The normalized spacial score (nSPS) is 19.5. The van der Waals surface area contributed by atoms with Crippen LogP contribution in [0.15, 0.2) is 59.5 Å². The van der Waals surface area contributed by atoms with Crippen LogP contribution >= 0.6 is 0 Å². The fourth-order valence-electron chi connectivity index (χ4n) is 4.57. The zero-order valence-corrected chi connectivity index (χ0v) is 19.0. The third-order valence-corrected chi connectivity index (χ3v) is 8.45. The Hall–Kier alpha value is -2.22. The van der Waals surface area contributed by atoms with Crippen molar-refractivity contribution < 1.29 is 18.1 Å². The van der Waals surface area contributed by atoms with E-state index in [1.165, 1.54) is 14.8 Å². The van der Waals surface area contributed by atoms with Gasteiger partial charge in [-0.3, -0.25) is 4.79 Å². The van der Waals surface area contributed by atoms with Gasteiger partial charge in [0.25, 0.3) is 0 Å². The first-order valence-electron chi connectivity index (χ1n) is 11.2. The number of amides is 1. The summed E-state index contributed by atoms with van der Waals surface area (Å²) >= 11 is 0. The van der Waals surface area contributed by atoms with Crippen molar-refractivity contribution in [3.63, 3.8) is 0 Å². The lowest BCUT2D eigenvalue weighted by Gasteiger charge is -2.36. The van der Waals surface area contributed by atoms with Crippen LogP contribution < -0.4 is 4.90 Å². The molecule has 2 saturated heterocycles. The van der Waals surface area contributed by atoms with E-state index < -0.39 is 10.0 Å². The smallest absolute Gasteiger partial charge is 0.243 e. The monoisotopic (exact) mass is 442 g/mol. The van der Waals surface area contributed by atoms with E-state index in [4.69, 9.17) is 0 Å². The van der Waals surface area contributed by atoms with Gasteiger partial charge in [0.1, 0.15) is 6.54 Å². The number of benzene rings is 2. The van der Waals surface area contributed by atoms with Gasteiger partial charge in [-0.25, -0.2) is 8.42 Å². The Morgan fingerprint density at radius 2 is 1.55 bits per heavy atom. The highest BCUT2D eigenvalue weighted by Gasteiger charge is 2.35. The van der Waals surface area contributed by atoms with Crippen molar-refractivity contribution in [2.45, 2.75) is 31.2 Å². The molecule has 0 saturated carbocycles. The molecule has 1 N–H and O–H groups in total. The number of nitrogens with one attached hydrogen (secondary N) is 1. The van der Waals surface area contributed by atoms with Gasteiger partial charge in [0, 0.05) is 24.6 Å². The Balaban J connectivity index is 1.27. The largest absolute Gasteiger partial charge is 0.331 e. The summed E-state index contributed by atoms with van der Waals surface area (Å²) in [7, 11) is -3.48. The topological polar surface area (TPSA) is 62.1 Å². The Bertz CT molecular complexity index is 976. The number of sulfonamides is 1. The average Bonchev–Trinajstić information content (AvgIpc) is 2.80. The molecule has 2 aromatic carbocycles. The lowest BCUT2D eigenvalue weighted by atomic mass is 9.96. The van der Waals surface area contributed by atoms with Gasteiger partial charge in [-0.1, -0.05) is 48.0 Å². The molecule has 7 heteroatoms. The molecule has 2 heterocycles. The number of quaternary nitrogens is 1. The molecule has 2 aliphatic heterocycles. The van der Waals surface area contributed by atoms with Gasteiger partial charge < -0.3 is 9.80 Å². The third kappa shape index (κ3) is 5.17. The Kier molecular flexibility index (Phi) is 6.74. The van der Waals surface area contributed by atoms with Crippen LogP contribution in [0, 0.1) is 12.8 Å². The molecule has 0 spiro atoms. The fraction of sp³-hybridized carbons (Fsp3) is 0.458. The van der Waals surface area contributed by atoms with Crippen LogP contribution in [0.25, 0.3) is 0 Å². The van der Waals surface area contributed by atoms with Crippen molar-refractivity contribution in [3.8, 4) is 0 Å². The van der Waals surface area contributed by atoms with Gasteiger partial charge in [0.05, 0.1) is 31.1 Å². The van der Waals surface area contributed by atoms with Crippen molar-refractivity contribution >= 4 is 15.9 Å². The molecule has 0 bridgehead atoms. The van der Waals surface area contributed by atoms with E-state index in [9.17, 15) is 13.2 Å². The predicted octanol–water partition coefficient (Wildman–Crippen LogP) is 1.32. The number of aryl methyl sites for hydroxylation is 1. The number of carbonyl (C=O) groups is 1. The molecule has 0 aromatic heterocycles. The van der Waals surface area contributed by atoms with Crippen molar-refractivity contribution in [1.82, 2.24) is 9.21 Å². The SMILES string of the molecule is Cc1ccc(S(=O)(=O)N2CCC(C(=O)N3CC[NH+](Cc4ccccc4)CC3)CC2)cc1. The zero-order chi connectivity index (χ0) is 21.8. The second-order valence-corrected chi connectivity index (χ2v) is 10.7. The summed E-state index contributed by atoms with van der Waals surface area (Å²) in [6, 6.07) is 17.5. The highest BCUT2D eigenvalue weighted by Crippen LogP contribution is 2.25. The fourth-order valence-corrected chi connectivity index (χ4v) is 6.03. The summed E-state index contributed by atoms with van der Waals surface area (Å²) in [5, 5.41) is 0. The van der Waals surface area contributed by atoms with E-state index in [2.05, 4.69) is 24.3 Å². The van der Waals surface area contributed by atoms with E-state index in [0.717, 1.165) is 38.3 Å². The highest BCUT2D eigenvalue weighted by atomic mass is 32.2. The molecule has 4 rings (SSSR count). The van der Waals surface area contributed by atoms with Gasteiger partial charge in [-0.2, -0.15) is 4.31 Å². The summed E-state index contributed by atoms with van der Waals surface area (Å²) < 4.78 is 27.3. The first-order valence-corrected chi connectivity index (χ1v) is 12.6. The third-order valence-electron chi connectivity index (χ3n) is 6.54. The maximum absolute atomic E-state index is 13.0. The summed E-state index contributed by atoms with van der Waals surface area (Å²) in [6.07, 6.45) is 1.20. The quantitative estimate of drug-likeness (QED) is 0.760. The molecule has 166 valence electrons. The summed E-state index contributed by atoms with van der Waals surface area (Å²) in [5.74, 6) is 0.131. The van der Waals surface area contributed by atoms with Gasteiger partial charge in [0.15, 0.2) is 0 Å². The van der Waals surface area contributed by atoms with Crippen LogP contribution in [0.3, 0.4) is 0 Å². The Morgan fingerprint density at radius 1 is 0.935 bits per heavy atom. The summed E-state index contributed by atoms with van der Waals surface area (Å²) in [5.41, 5.74) is 2.37. The second kappa shape index (κ2) is 9.51. The number of hydrogen-bond acceptors (Lipinski definition) is 3. The van der Waals surface area contributed by atoms with E-state index in [0.29, 0.717) is 30.8 Å². The first kappa shape index (κ1) is 22.0. The van der Waals surface area contributed by atoms with Gasteiger partial charge in [-0.05, 0) is 31.9 Å². The average molecular weight is 443 g/mol. The predicted molar refractivity (Wildman–Crippen MR) is 120 cm³/mol. The Morgan fingerprint density at radius 3 is 2.16 bits per heavy atom. The molecule has 1 amide bonds. The highest BCUT2D eigenvalue weighted by molar-refractivity contribution is 7.89. The molecule has 31 heavy (non-hydrogen) atoms. The maximum atomic E-state index is 13.0. The molecule has 2 aliphatic rings. The molecular weight excluding hydrogens is 410 g/mol. The van der Waals surface area contributed by atoms with E-state index >= 15 is 0 Å². The van der Waals surface area contributed by atoms with E-state index in [-0.39, 0.29) is 11.8 Å². The minimum Gasteiger partial charge on any atom is -0.331 e. The minimum atomic E-state index is -3.48. The second-order valence-electron chi connectivity index (χ2n) is 8.73. The van der Waals surface area contributed by atoms with Crippen LogP contribution in [-0.2, 0) is 21.4 Å². The van der Waals surface area contributed by atoms with Gasteiger partial charge in [-0.15, -0.1) is 0 Å². The van der Waals surface area contributed by atoms with Crippen molar-refractivity contribution in [2.75, 3.05) is 39.3 Å². The van der Waals surface area contributed by atoms with Crippen molar-refractivity contribution in [3.05, 3.63) is 65.7 Å². The lowest BCUT2D eigenvalue weighted by molar-refractivity contribution is -0.917. The lowest BCUT2D eigenvalue weighted by Crippen LogP contribution is -3.13. The number of hydrogen-bond donors (Lipinski definition) is 1. The molecule has 6 nitrogen and oxygen atoms in total. The van der Waals surface area contributed by atoms with Crippen LogP contribution in [0.2, 0.25) is 0 Å². The van der Waals surface area contributed by atoms with Gasteiger partial charge >= 0.3 is 0 Å². The first-order chi connectivity index (χ1) is 14.9. The summed E-state index contributed by atoms with van der Waals surface area (Å²) in [4.78, 5) is 16.9. The maximum Gasteiger partial charge on any atom is 0.243 e. The number of nitrogens with zero attached hydrogens (tertiary/aromatic N) is 2. The number of piperazine rings is 1. The number of rotatable bonds is 5. The molecule has 2 aromatic rings. The molecule has 0 radical (unpaired) electrons. The number of piperidine rings is 1. The van der Waals surface area contributed by atoms with Crippen LogP contribution in [0.5, 0.6) is 0 Å². The van der Waals surface area contributed by atoms with Crippen molar-refractivity contribution in [2.24, 2.45) is 5.92 Å². The number of carbonyl (C=O) groups excluding carboxylic acids is 1. The van der Waals surface area contributed by atoms with Crippen LogP contribution in [-0.4, -0.2) is 62.8 Å². The van der Waals surface area contributed by atoms with Crippen LogP contribution in [0.1, 0.15) is 24.0 Å². The molecule has 0 atom stereocenters. The van der Waals surface area contributed by atoms with Crippen molar-refractivity contribution in [1.29, 1.82) is 0 Å². The Labute approximate surface area is 185 Å². The van der Waals surface area contributed by atoms with Crippen LogP contribution in [0.4, 0.5) is 0 Å². The standard InChI is InChI=1S/C24H31N3O3S/c1-20-7-9-23(10-8-20)31(29,30)27-13-11-22(12-14-27)24(28)26-17-15-25(16-18-26)19-21-5-3-2-4-6-21/h2-10,22H,11-19H2,1H3/p+1. The molecule has 0 aliphatic carbocycles. The molecule has 2 fully saturated rings. The van der Waals surface area contributed by atoms with Gasteiger partial charge in [0.2, 0.25) is 15.9 Å². The summed E-state index contributed by atoms with van der Waals surface area (Å²) in [6.45, 7) is 7.24. The van der Waals surface area contributed by atoms with E-state index in [1.54, 1.807) is 12.1 Å². The zero-order valence-electron chi connectivity index (χ0n) is 18.2. The molecular formula is C24H32N3O3S+. The minimum absolute atomic E-state index is 0.0693.